The summed E-state index contributed by atoms with van der Waals surface area (Å²) in [6, 6.07) is 0. The number of ether oxygens (including phenoxy) is 1. The van der Waals surface area contributed by atoms with Crippen LogP contribution < -0.4 is 0 Å². The molecule has 0 saturated carbocycles. The summed E-state index contributed by atoms with van der Waals surface area (Å²) < 4.78 is 4.84. The molecule has 4 nitrogen and oxygen atoms in total. The summed E-state index contributed by atoms with van der Waals surface area (Å²) in [6.07, 6.45) is 2.96. The second kappa shape index (κ2) is 3.88. The van der Waals surface area contributed by atoms with Gasteiger partial charge >= 0.3 is 0 Å². The second-order valence-electron chi connectivity index (χ2n) is 2.15. The third kappa shape index (κ3) is 2.16. The summed E-state index contributed by atoms with van der Waals surface area (Å²) in [7, 11) is 1.63. The van der Waals surface area contributed by atoms with Crippen molar-refractivity contribution in [3.05, 3.63) is 17.7 Å². The van der Waals surface area contributed by atoms with Crippen LogP contribution in [0.25, 0.3) is 0 Å². The lowest BCUT2D eigenvalue weighted by atomic mass is 10.4. The van der Waals surface area contributed by atoms with E-state index < -0.39 is 0 Å². The molecular weight excluding hydrogens is 144 g/mol. The van der Waals surface area contributed by atoms with E-state index in [4.69, 9.17) is 4.74 Å². The van der Waals surface area contributed by atoms with Crippen LogP contribution in [-0.2, 0) is 11.2 Å². The Hall–Kier alpha value is -1.16. The molecule has 4 heteroatoms. The Morgan fingerprint density at radius 3 is 3.18 bits per heavy atom. The predicted octanol–water partition coefficient (Wildman–Crippen LogP) is 0.411. The molecule has 1 rings (SSSR count). The fourth-order valence-corrected chi connectivity index (χ4v) is 0.764. The second-order valence-corrected chi connectivity index (χ2v) is 2.15. The highest BCUT2D eigenvalue weighted by Gasteiger charge is 1.97. The third-order valence-corrected chi connectivity index (χ3v) is 1.32. The summed E-state index contributed by atoms with van der Waals surface area (Å²) in [5.74, 6) is 0.786. The number of methoxy groups -OCH3 is 1. The zero-order valence-corrected chi connectivity index (χ0v) is 6.33. The highest BCUT2D eigenvalue weighted by molar-refractivity contribution is 5.71. The molecule has 0 amide bonds. The molecule has 0 unspecified atom stereocenters. The number of aldehydes is 1. The zero-order chi connectivity index (χ0) is 8.10. The first kappa shape index (κ1) is 7.94. The zero-order valence-electron chi connectivity index (χ0n) is 6.33. The fraction of sp³-hybridized carbons (Fsp3) is 0.429. The number of nitrogens with one attached hydrogen (secondary N) is 1. The number of hydrogen-bond acceptors (Lipinski definition) is 3. The molecule has 1 N–H and O–H groups in total. The van der Waals surface area contributed by atoms with Crippen LogP contribution in [0, 0.1) is 0 Å². The molecular formula is C7H10N2O2. The maximum Gasteiger partial charge on any atom is 0.167 e. The molecule has 11 heavy (non-hydrogen) atoms. The van der Waals surface area contributed by atoms with Crippen LogP contribution in [0.2, 0.25) is 0 Å². The van der Waals surface area contributed by atoms with Crippen molar-refractivity contribution in [1.29, 1.82) is 0 Å². The van der Waals surface area contributed by atoms with Crippen LogP contribution in [0.15, 0.2) is 6.20 Å². The van der Waals surface area contributed by atoms with Crippen molar-refractivity contribution in [2.75, 3.05) is 13.7 Å². The van der Waals surface area contributed by atoms with E-state index in [9.17, 15) is 4.79 Å². The minimum absolute atomic E-state index is 0.510. The summed E-state index contributed by atoms with van der Waals surface area (Å²) in [5.41, 5.74) is 0.510. The Bertz CT molecular complexity index is 232. The molecule has 0 aromatic carbocycles. The molecule has 0 fully saturated rings. The SMILES string of the molecule is COCCc1ncc(C=O)[nH]1. The summed E-state index contributed by atoms with van der Waals surface area (Å²) >= 11 is 0. The lowest BCUT2D eigenvalue weighted by molar-refractivity contribution is 0.111. The Morgan fingerprint density at radius 2 is 2.64 bits per heavy atom. The van der Waals surface area contributed by atoms with Gasteiger partial charge in [0.15, 0.2) is 6.29 Å². The first-order valence-corrected chi connectivity index (χ1v) is 3.35. The highest BCUT2D eigenvalue weighted by Crippen LogP contribution is 1.94. The normalized spacial score (nSPS) is 9.91. The van der Waals surface area contributed by atoms with E-state index in [1.807, 2.05) is 0 Å². The number of hydrogen-bond donors (Lipinski definition) is 1. The number of rotatable bonds is 4. The largest absolute Gasteiger partial charge is 0.384 e. The van der Waals surface area contributed by atoms with E-state index >= 15 is 0 Å². The minimum atomic E-state index is 0.510. The van der Waals surface area contributed by atoms with Gasteiger partial charge < -0.3 is 9.72 Å². The molecule has 0 aliphatic heterocycles. The van der Waals surface area contributed by atoms with Crippen molar-refractivity contribution < 1.29 is 9.53 Å². The number of carbonyl (C=O) groups is 1. The van der Waals surface area contributed by atoms with Crippen LogP contribution >= 0.6 is 0 Å². The van der Waals surface area contributed by atoms with E-state index in [1.165, 1.54) is 6.20 Å². The lowest BCUT2D eigenvalue weighted by Gasteiger charge is -1.92. The molecule has 0 aliphatic carbocycles. The van der Waals surface area contributed by atoms with Crippen LogP contribution in [0.4, 0.5) is 0 Å². The number of imidazole rings is 1. The van der Waals surface area contributed by atoms with E-state index in [-0.39, 0.29) is 0 Å². The number of nitrogens with zero attached hydrogens (tertiary/aromatic N) is 1. The Labute approximate surface area is 64.6 Å². The Morgan fingerprint density at radius 1 is 1.82 bits per heavy atom. The van der Waals surface area contributed by atoms with Crippen molar-refractivity contribution in [2.45, 2.75) is 6.42 Å². The average molecular weight is 154 g/mol. The maximum absolute atomic E-state index is 10.2. The van der Waals surface area contributed by atoms with Crippen molar-refractivity contribution in [1.82, 2.24) is 9.97 Å². The summed E-state index contributed by atoms with van der Waals surface area (Å²) in [5, 5.41) is 0. The lowest BCUT2D eigenvalue weighted by Crippen LogP contribution is -1.96. The number of aromatic nitrogens is 2. The van der Waals surface area contributed by atoms with Gasteiger partial charge in [-0.15, -0.1) is 0 Å². The maximum atomic E-state index is 10.2. The van der Waals surface area contributed by atoms with Gasteiger partial charge in [-0.2, -0.15) is 0 Å². The first-order valence-electron chi connectivity index (χ1n) is 3.35. The van der Waals surface area contributed by atoms with Gasteiger partial charge in [-0.05, 0) is 0 Å². The van der Waals surface area contributed by atoms with Crippen LogP contribution in [0.3, 0.4) is 0 Å². The Kier molecular flexibility index (Phi) is 2.80. The van der Waals surface area contributed by atoms with Crippen LogP contribution in [0.5, 0.6) is 0 Å². The molecule has 0 radical (unpaired) electrons. The monoisotopic (exact) mass is 154 g/mol. The van der Waals surface area contributed by atoms with E-state index in [2.05, 4.69) is 9.97 Å². The molecule has 0 atom stereocenters. The van der Waals surface area contributed by atoms with Gasteiger partial charge in [0, 0.05) is 13.5 Å². The van der Waals surface area contributed by atoms with Gasteiger partial charge in [-0.25, -0.2) is 4.98 Å². The van der Waals surface area contributed by atoms with Crippen LogP contribution in [-0.4, -0.2) is 30.0 Å². The van der Waals surface area contributed by atoms with Crippen LogP contribution in [0.1, 0.15) is 16.3 Å². The quantitative estimate of drug-likeness (QED) is 0.639. The molecule has 1 heterocycles. The summed E-state index contributed by atoms with van der Waals surface area (Å²) in [4.78, 5) is 17.0. The van der Waals surface area contributed by atoms with Gasteiger partial charge in [0.25, 0.3) is 0 Å². The standard InChI is InChI=1S/C7H10N2O2/c1-11-3-2-7-8-4-6(5-10)9-7/h4-5H,2-3H2,1H3,(H,8,9). The molecule has 0 bridgehead atoms. The molecule has 1 aromatic rings. The van der Waals surface area contributed by atoms with E-state index in [0.717, 1.165) is 12.1 Å². The topological polar surface area (TPSA) is 55.0 Å². The van der Waals surface area contributed by atoms with Crippen molar-refractivity contribution in [3.8, 4) is 0 Å². The number of carbonyl (C=O) groups excluding carboxylic acids is 1. The van der Waals surface area contributed by atoms with Gasteiger partial charge in [0.2, 0.25) is 0 Å². The van der Waals surface area contributed by atoms with E-state index in [0.29, 0.717) is 18.7 Å². The summed E-state index contributed by atoms with van der Waals surface area (Å²) in [6.45, 7) is 0.617. The first-order chi connectivity index (χ1) is 5.36. The number of H-pyrrole nitrogens is 1. The van der Waals surface area contributed by atoms with Crippen molar-refractivity contribution >= 4 is 6.29 Å². The third-order valence-electron chi connectivity index (χ3n) is 1.32. The molecule has 0 aliphatic rings. The van der Waals surface area contributed by atoms with Crippen molar-refractivity contribution in [3.63, 3.8) is 0 Å². The molecule has 60 valence electrons. The molecule has 0 saturated heterocycles. The molecule has 0 spiro atoms. The molecule has 1 aromatic heterocycles. The van der Waals surface area contributed by atoms with Gasteiger partial charge in [-0.3, -0.25) is 4.79 Å². The number of aromatic amines is 1. The predicted molar refractivity (Wildman–Crippen MR) is 39.6 cm³/mol. The van der Waals surface area contributed by atoms with E-state index in [1.54, 1.807) is 7.11 Å². The Balaban J connectivity index is 2.51. The fourth-order valence-electron chi connectivity index (χ4n) is 0.764. The highest BCUT2D eigenvalue weighted by atomic mass is 16.5. The van der Waals surface area contributed by atoms with Gasteiger partial charge in [-0.1, -0.05) is 0 Å². The minimum Gasteiger partial charge on any atom is -0.384 e. The van der Waals surface area contributed by atoms with Crippen molar-refractivity contribution in [2.24, 2.45) is 0 Å². The average Bonchev–Trinajstić information content (AvgIpc) is 2.48. The smallest absolute Gasteiger partial charge is 0.167 e. The van der Waals surface area contributed by atoms with Gasteiger partial charge in [0.1, 0.15) is 5.82 Å². The van der Waals surface area contributed by atoms with Gasteiger partial charge in [0.05, 0.1) is 18.5 Å².